The van der Waals surface area contributed by atoms with Gasteiger partial charge in [-0.15, -0.1) is 23.1 Å². The smallest absolute Gasteiger partial charge is 0.142 e. The van der Waals surface area contributed by atoms with Crippen molar-refractivity contribution in [2.75, 3.05) is 51.6 Å². The van der Waals surface area contributed by atoms with Gasteiger partial charge in [-0.1, -0.05) is 11.6 Å². The van der Waals surface area contributed by atoms with Crippen LogP contribution in [0.4, 0.5) is 5.82 Å². The molecule has 1 aromatic carbocycles. The van der Waals surface area contributed by atoms with Crippen LogP contribution in [0.3, 0.4) is 0 Å². The summed E-state index contributed by atoms with van der Waals surface area (Å²) in [6, 6.07) is 7.93. The normalized spacial score (nSPS) is 15.7. The number of thiophene rings is 1. The van der Waals surface area contributed by atoms with Crippen molar-refractivity contribution in [1.29, 1.82) is 0 Å². The third kappa shape index (κ3) is 5.26. The summed E-state index contributed by atoms with van der Waals surface area (Å²) in [5.74, 6) is 2.58. The number of aromatic nitrogens is 2. The second-order valence-electron chi connectivity index (χ2n) is 7.77. The maximum Gasteiger partial charge on any atom is 0.142 e. The first-order valence-corrected chi connectivity index (χ1v) is 12.5. The number of anilines is 1. The fraction of sp³-hybridized carbons (Fsp3) is 0.455. The molecule has 4 rings (SSSR count). The van der Waals surface area contributed by atoms with Crippen LogP contribution in [-0.4, -0.2) is 66.1 Å². The number of halogens is 1. The van der Waals surface area contributed by atoms with Crippen molar-refractivity contribution >= 4 is 50.7 Å². The Kier molecular flexibility index (Phi) is 7.16. The van der Waals surface area contributed by atoms with Gasteiger partial charge in [-0.25, -0.2) is 9.97 Å². The summed E-state index contributed by atoms with van der Waals surface area (Å²) in [5.41, 5.74) is 1.29. The number of hydrogen-bond donors (Lipinski definition) is 1. The lowest BCUT2D eigenvalue weighted by Crippen LogP contribution is -2.45. The van der Waals surface area contributed by atoms with E-state index < -0.39 is 0 Å². The first kappa shape index (κ1) is 21.8. The predicted octanol–water partition coefficient (Wildman–Crippen LogP) is 4.91. The Morgan fingerprint density at radius 2 is 1.83 bits per heavy atom. The largest absolute Gasteiger partial charge is 0.368 e. The summed E-state index contributed by atoms with van der Waals surface area (Å²) >= 11 is 9.49. The fourth-order valence-corrected chi connectivity index (χ4v) is 5.50. The Labute approximate surface area is 191 Å². The Hall–Kier alpha value is -1.38. The second-order valence-corrected chi connectivity index (χ2v) is 10.5. The van der Waals surface area contributed by atoms with Gasteiger partial charge in [0, 0.05) is 54.1 Å². The third-order valence-corrected chi connectivity index (χ3v) is 7.93. The topological polar surface area (TPSA) is 44.3 Å². The van der Waals surface area contributed by atoms with E-state index in [1.807, 2.05) is 24.3 Å². The molecule has 160 valence electrons. The minimum Gasteiger partial charge on any atom is -0.368 e. The zero-order chi connectivity index (χ0) is 21.1. The van der Waals surface area contributed by atoms with Crippen molar-refractivity contribution in [3.63, 3.8) is 0 Å². The zero-order valence-electron chi connectivity index (χ0n) is 17.7. The van der Waals surface area contributed by atoms with Crippen LogP contribution < -0.4 is 5.32 Å². The monoisotopic (exact) mass is 461 g/mol. The predicted molar refractivity (Wildman–Crippen MR) is 130 cm³/mol. The molecule has 1 fully saturated rings. The number of thioether (sulfide) groups is 1. The average molecular weight is 462 g/mol. The van der Waals surface area contributed by atoms with E-state index in [1.54, 1.807) is 23.1 Å². The molecule has 0 bridgehead atoms. The summed E-state index contributed by atoms with van der Waals surface area (Å²) < 4.78 is 0. The van der Waals surface area contributed by atoms with Crippen LogP contribution in [0.15, 0.2) is 29.2 Å². The van der Waals surface area contributed by atoms with Gasteiger partial charge < -0.3 is 10.2 Å². The molecule has 0 saturated carbocycles. The number of benzene rings is 1. The molecule has 1 aliphatic rings. The Morgan fingerprint density at radius 3 is 2.57 bits per heavy atom. The van der Waals surface area contributed by atoms with E-state index in [9.17, 15) is 0 Å². The van der Waals surface area contributed by atoms with E-state index in [0.717, 1.165) is 66.5 Å². The van der Waals surface area contributed by atoms with Gasteiger partial charge in [-0.05, 0) is 50.7 Å². The molecule has 8 heteroatoms. The highest BCUT2D eigenvalue weighted by Gasteiger charge is 2.16. The van der Waals surface area contributed by atoms with E-state index >= 15 is 0 Å². The van der Waals surface area contributed by atoms with Crippen molar-refractivity contribution in [3.05, 3.63) is 45.6 Å². The molecule has 30 heavy (non-hydrogen) atoms. The van der Waals surface area contributed by atoms with Gasteiger partial charge in [0.1, 0.15) is 16.5 Å². The van der Waals surface area contributed by atoms with Crippen molar-refractivity contribution in [2.45, 2.75) is 24.5 Å². The number of piperazine rings is 1. The van der Waals surface area contributed by atoms with Crippen molar-refractivity contribution in [2.24, 2.45) is 0 Å². The van der Waals surface area contributed by atoms with E-state index in [-0.39, 0.29) is 0 Å². The molecular formula is C22H28ClN5S2. The van der Waals surface area contributed by atoms with Crippen LogP contribution >= 0.6 is 34.7 Å². The lowest BCUT2D eigenvalue weighted by molar-refractivity contribution is 0.158. The van der Waals surface area contributed by atoms with Gasteiger partial charge in [0.2, 0.25) is 0 Å². The Balaban J connectivity index is 1.47. The van der Waals surface area contributed by atoms with Crippen LogP contribution in [0.1, 0.15) is 16.3 Å². The van der Waals surface area contributed by atoms with Gasteiger partial charge in [-0.3, -0.25) is 4.90 Å². The van der Waals surface area contributed by atoms with Gasteiger partial charge in [-0.2, -0.15) is 0 Å². The highest BCUT2D eigenvalue weighted by Crippen LogP contribution is 2.34. The molecule has 3 heterocycles. The maximum atomic E-state index is 6.00. The number of likely N-dealkylation sites (N-methyl/N-ethyl adjacent to an activating group) is 1. The summed E-state index contributed by atoms with van der Waals surface area (Å²) in [6.45, 7) is 10.8. The van der Waals surface area contributed by atoms with Crippen molar-refractivity contribution in [3.8, 4) is 0 Å². The molecule has 0 aliphatic carbocycles. The summed E-state index contributed by atoms with van der Waals surface area (Å²) in [6.07, 6.45) is 0. The average Bonchev–Trinajstić information content (AvgIpc) is 3.03. The maximum absolute atomic E-state index is 6.00. The van der Waals surface area contributed by atoms with E-state index in [4.69, 9.17) is 21.6 Å². The number of nitrogens with one attached hydrogen (secondary N) is 1. The molecule has 0 amide bonds. The number of fused-ring (bicyclic) bond motifs is 1. The lowest BCUT2D eigenvalue weighted by atomic mass is 10.2. The Bertz CT molecular complexity index is 997. The van der Waals surface area contributed by atoms with E-state index in [2.05, 4.69) is 36.0 Å². The SMILES string of the molecule is Cc1sc2nc(CSc3ccc(Cl)cc3)nc(NCCN3CCN(C)CC3)c2c1C. The van der Waals surface area contributed by atoms with Gasteiger partial charge in [0.05, 0.1) is 11.1 Å². The second kappa shape index (κ2) is 9.83. The van der Waals surface area contributed by atoms with E-state index in [1.165, 1.54) is 20.7 Å². The van der Waals surface area contributed by atoms with Crippen LogP contribution in [0.25, 0.3) is 10.2 Å². The highest BCUT2D eigenvalue weighted by atomic mass is 35.5. The minimum absolute atomic E-state index is 0.737. The summed E-state index contributed by atoms with van der Waals surface area (Å²) in [7, 11) is 2.19. The number of nitrogens with zero attached hydrogens (tertiary/aromatic N) is 4. The highest BCUT2D eigenvalue weighted by molar-refractivity contribution is 7.98. The standard InChI is InChI=1S/C22H28ClN5S2/c1-15-16(2)30-22-20(15)21(24-8-9-28-12-10-27(3)11-13-28)25-19(26-22)14-29-18-6-4-17(23)5-7-18/h4-7H,8-14H2,1-3H3,(H,24,25,26). The Morgan fingerprint density at radius 1 is 1.10 bits per heavy atom. The number of rotatable bonds is 7. The molecule has 5 nitrogen and oxygen atoms in total. The van der Waals surface area contributed by atoms with Gasteiger partial charge in [0.15, 0.2) is 0 Å². The van der Waals surface area contributed by atoms with Gasteiger partial charge >= 0.3 is 0 Å². The first-order valence-electron chi connectivity index (χ1n) is 10.3. The van der Waals surface area contributed by atoms with Crippen molar-refractivity contribution < 1.29 is 0 Å². The van der Waals surface area contributed by atoms with Crippen LogP contribution in [0.2, 0.25) is 5.02 Å². The molecular weight excluding hydrogens is 434 g/mol. The minimum atomic E-state index is 0.737. The zero-order valence-corrected chi connectivity index (χ0v) is 20.1. The fourth-order valence-electron chi connectivity index (χ4n) is 3.57. The van der Waals surface area contributed by atoms with Crippen LogP contribution in [0.5, 0.6) is 0 Å². The molecule has 1 N–H and O–H groups in total. The molecule has 0 spiro atoms. The van der Waals surface area contributed by atoms with Crippen LogP contribution in [-0.2, 0) is 5.75 Å². The molecule has 0 radical (unpaired) electrons. The summed E-state index contributed by atoms with van der Waals surface area (Å²) in [5, 5.41) is 5.55. The molecule has 2 aromatic heterocycles. The lowest BCUT2D eigenvalue weighted by Gasteiger charge is -2.32. The third-order valence-electron chi connectivity index (χ3n) is 5.57. The molecule has 0 unspecified atom stereocenters. The van der Waals surface area contributed by atoms with Crippen molar-refractivity contribution in [1.82, 2.24) is 19.8 Å². The van der Waals surface area contributed by atoms with Gasteiger partial charge in [0.25, 0.3) is 0 Å². The molecule has 1 aliphatic heterocycles. The van der Waals surface area contributed by atoms with Crippen LogP contribution in [0, 0.1) is 13.8 Å². The number of hydrogen-bond acceptors (Lipinski definition) is 7. The number of aryl methyl sites for hydroxylation is 2. The molecule has 3 aromatic rings. The van der Waals surface area contributed by atoms with E-state index in [0.29, 0.717) is 0 Å². The first-order chi connectivity index (χ1) is 14.5. The summed E-state index contributed by atoms with van der Waals surface area (Å²) in [4.78, 5) is 18.2. The molecule has 0 atom stereocenters. The quantitative estimate of drug-likeness (QED) is 0.504. The molecule has 1 saturated heterocycles.